The third kappa shape index (κ3) is 3.91. The van der Waals surface area contributed by atoms with Gasteiger partial charge < -0.3 is 5.32 Å². The summed E-state index contributed by atoms with van der Waals surface area (Å²) in [7, 11) is 0. The molecule has 2 heteroatoms. The molecule has 0 spiro atoms. The molecule has 16 heavy (non-hydrogen) atoms. The van der Waals surface area contributed by atoms with E-state index in [1.54, 1.807) is 0 Å². The maximum atomic E-state index is 3.58. The molecule has 90 valence electrons. The van der Waals surface area contributed by atoms with Gasteiger partial charge in [-0.05, 0) is 37.0 Å². The van der Waals surface area contributed by atoms with Crippen molar-refractivity contribution in [3.05, 3.63) is 33.8 Å². The van der Waals surface area contributed by atoms with Crippen molar-refractivity contribution in [2.24, 2.45) is 5.92 Å². The number of rotatable bonds is 5. The van der Waals surface area contributed by atoms with Crippen LogP contribution < -0.4 is 5.32 Å². The molecule has 0 aromatic heterocycles. The Kier molecular flexibility index (Phi) is 5.50. The average molecular weight is 284 g/mol. The van der Waals surface area contributed by atoms with Crippen LogP contribution in [0.25, 0.3) is 0 Å². The van der Waals surface area contributed by atoms with Gasteiger partial charge in [0.2, 0.25) is 0 Å². The van der Waals surface area contributed by atoms with Crippen molar-refractivity contribution >= 4 is 15.9 Å². The van der Waals surface area contributed by atoms with Crippen molar-refractivity contribution in [1.29, 1.82) is 0 Å². The van der Waals surface area contributed by atoms with Crippen molar-refractivity contribution in [3.8, 4) is 0 Å². The maximum Gasteiger partial charge on any atom is 0.0208 e. The molecule has 0 aliphatic heterocycles. The van der Waals surface area contributed by atoms with Crippen molar-refractivity contribution in [3.63, 3.8) is 0 Å². The summed E-state index contributed by atoms with van der Waals surface area (Å²) in [5.41, 5.74) is 2.66. The highest BCUT2D eigenvalue weighted by molar-refractivity contribution is 9.10. The van der Waals surface area contributed by atoms with Gasteiger partial charge >= 0.3 is 0 Å². The Balaban J connectivity index is 2.51. The van der Waals surface area contributed by atoms with Crippen LogP contribution in [-0.4, -0.2) is 6.04 Å². The maximum absolute atomic E-state index is 3.58. The topological polar surface area (TPSA) is 12.0 Å². The first-order valence-electron chi connectivity index (χ1n) is 6.03. The smallest absolute Gasteiger partial charge is 0.0208 e. The second-order valence-electron chi connectivity index (χ2n) is 4.64. The predicted octanol–water partition coefficient (Wildman–Crippen LogP) is 4.28. The van der Waals surface area contributed by atoms with E-state index < -0.39 is 0 Å². The number of hydrogen-bond acceptors (Lipinski definition) is 1. The van der Waals surface area contributed by atoms with Crippen LogP contribution >= 0.6 is 15.9 Å². The van der Waals surface area contributed by atoms with E-state index in [0.717, 1.165) is 12.5 Å². The molecule has 1 rings (SSSR count). The molecule has 0 saturated heterocycles. The second-order valence-corrected chi connectivity index (χ2v) is 5.49. The number of benzene rings is 1. The molecule has 2 unspecified atom stereocenters. The average Bonchev–Trinajstić information content (AvgIpc) is 2.29. The summed E-state index contributed by atoms with van der Waals surface area (Å²) in [6.07, 6.45) is 1.23. The summed E-state index contributed by atoms with van der Waals surface area (Å²) in [5, 5.41) is 3.58. The first-order chi connectivity index (χ1) is 7.54. The van der Waals surface area contributed by atoms with E-state index in [2.05, 4.69) is 67.1 Å². The molecule has 1 aromatic rings. The van der Waals surface area contributed by atoms with Gasteiger partial charge in [0.15, 0.2) is 0 Å². The molecule has 0 aliphatic rings. The van der Waals surface area contributed by atoms with E-state index in [4.69, 9.17) is 0 Å². The Morgan fingerprint density at radius 2 is 2.00 bits per heavy atom. The number of aryl methyl sites for hydroxylation is 1. The van der Waals surface area contributed by atoms with E-state index in [9.17, 15) is 0 Å². The van der Waals surface area contributed by atoms with Gasteiger partial charge in [-0.25, -0.2) is 0 Å². The minimum Gasteiger partial charge on any atom is -0.310 e. The fourth-order valence-corrected chi connectivity index (χ4v) is 1.90. The number of hydrogen-bond donors (Lipinski definition) is 1. The SMILES string of the molecule is CCC(C)C(C)NCc1ccc(Br)c(C)c1. The highest BCUT2D eigenvalue weighted by Gasteiger charge is 2.09. The third-order valence-corrected chi connectivity index (χ3v) is 4.24. The van der Waals surface area contributed by atoms with Crippen LogP contribution in [0.1, 0.15) is 38.3 Å². The molecule has 0 bridgehead atoms. The van der Waals surface area contributed by atoms with Gasteiger partial charge in [-0.1, -0.05) is 48.3 Å². The van der Waals surface area contributed by atoms with Gasteiger partial charge in [-0.2, -0.15) is 0 Å². The minimum atomic E-state index is 0.578. The number of nitrogens with one attached hydrogen (secondary N) is 1. The zero-order chi connectivity index (χ0) is 12.1. The summed E-state index contributed by atoms with van der Waals surface area (Å²) in [6.45, 7) is 9.89. The lowest BCUT2D eigenvalue weighted by molar-refractivity contribution is 0.389. The van der Waals surface area contributed by atoms with Gasteiger partial charge in [0.25, 0.3) is 0 Å². The Bertz CT molecular complexity index is 336. The Labute approximate surface area is 108 Å². The van der Waals surface area contributed by atoms with Gasteiger partial charge in [-0.15, -0.1) is 0 Å². The van der Waals surface area contributed by atoms with E-state index in [-0.39, 0.29) is 0 Å². The van der Waals surface area contributed by atoms with Crippen molar-refractivity contribution in [2.75, 3.05) is 0 Å². The van der Waals surface area contributed by atoms with Crippen molar-refractivity contribution < 1.29 is 0 Å². The molecule has 0 aliphatic carbocycles. The summed E-state index contributed by atoms with van der Waals surface area (Å²) < 4.78 is 1.19. The zero-order valence-corrected chi connectivity index (χ0v) is 12.3. The van der Waals surface area contributed by atoms with E-state index in [1.807, 2.05) is 0 Å². The highest BCUT2D eigenvalue weighted by Crippen LogP contribution is 2.17. The molecule has 2 atom stereocenters. The monoisotopic (exact) mass is 283 g/mol. The Morgan fingerprint density at radius 1 is 1.31 bits per heavy atom. The third-order valence-electron chi connectivity index (χ3n) is 3.35. The lowest BCUT2D eigenvalue weighted by atomic mass is 10.0. The molecule has 0 saturated carbocycles. The molecule has 0 radical (unpaired) electrons. The van der Waals surface area contributed by atoms with Gasteiger partial charge in [0.1, 0.15) is 0 Å². The first kappa shape index (κ1) is 13.7. The Morgan fingerprint density at radius 3 is 2.56 bits per heavy atom. The summed E-state index contributed by atoms with van der Waals surface area (Å²) >= 11 is 3.52. The fourth-order valence-electron chi connectivity index (χ4n) is 1.65. The van der Waals surface area contributed by atoms with E-state index >= 15 is 0 Å². The van der Waals surface area contributed by atoms with Gasteiger partial charge in [0, 0.05) is 17.1 Å². The summed E-state index contributed by atoms with van der Waals surface area (Å²) in [4.78, 5) is 0. The van der Waals surface area contributed by atoms with Crippen LogP contribution in [-0.2, 0) is 6.54 Å². The molecular formula is C14H22BrN. The lowest BCUT2D eigenvalue weighted by Gasteiger charge is -2.20. The molecule has 0 heterocycles. The largest absolute Gasteiger partial charge is 0.310 e. The lowest BCUT2D eigenvalue weighted by Crippen LogP contribution is -2.31. The van der Waals surface area contributed by atoms with Crippen molar-refractivity contribution in [1.82, 2.24) is 5.32 Å². The summed E-state index contributed by atoms with van der Waals surface area (Å²) in [5.74, 6) is 0.733. The van der Waals surface area contributed by atoms with Crippen LogP contribution in [0.4, 0.5) is 0 Å². The van der Waals surface area contributed by atoms with Crippen LogP contribution in [0.5, 0.6) is 0 Å². The Hall–Kier alpha value is -0.340. The second kappa shape index (κ2) is 6.41. The molecule has 0 fully saturated rings. The number of halogens is 1. The van der Waals surface area contributed by atoms with Gasteiger partial charge in [0.05, 0.1) is 0 Å². The first-order valence-corrected chi connectivity index (χ1v) is 6.82. The van der Waals surface area contributed by atoms with Crippen molar-refractivity contribution in [2.45, 2.75) is 46.7 Å². The minimum absolute atomic E-state index is 0.578. The fraction of sp³-hybridized carbons (Fsp3) is 0.571. The zero-order valence-electron chi connectivity index (χ0n) is 10.7. The highest BCUT2D eigenvalue weighted by atomic mass is 79.9. The standard InChI is InChI=1S/C14H22BrN/c1-5-10(2)12(4)16-9-13-6-7-14(15)11(3)8-13/h6-8,10,12,16H,5,9H2,1-4H3. The molecule has 1 N–H and O–H groups in total. The molecular weight excluding hydrogens is 262 g/mol. The van der Waals surface area contributed by atoms with Crippen LogP contribution in [0.3, 0.4) is 0 Å². The van der Waals surface area contributed by atoms with E-state index in [0.29, 0.717) is 6.04 Å². The van der Waals surface area contributed by atoms with E-state index in [1.165, 1.54) is 22.0 Å². The van der Waals surface area contributed by atoms with Gasteiger partial charge in [-0.3, -0.25) is 0 Å². The van der Waals surface area contributed by atoms with Crippen LogP contribution in [0.2, 0.25) is 0 Å². The quantitative estimate of drug-likeness (QED) is 0.851. The molecule has 1 nitrogen and oxygen atoms in total. The molecule has 1 aromatic carbocycles. The summed E-state index contributed by atoms with van der Waals surface area (Å²) in [6, 6.07) is 7.11. The van der Waals surface area contributed by atoms with Crippen LogP contribution in [0, 0.1) is 12.8 Å². The molecule has 0 amide bonds. The predicted molar refractivity (Wildman–Crippen MR) is 74.6 cm³/mol. The van der Waals surface area contributed by atoms with Crippen LogP contribution in [0.15, 0.2) is 22.7 Å². The normalized spacial score (nSPS) is 14.8.